The van der Waals surface area contributed by atoms with Crippen LogP contribution in [0.15, 0.2) is 42.5 Å². The molecule has 0 amide bonds. The minimum atomic E-state index is -0.658. The van der Waals surface area contributed by atoms with Gasteiger partial charge in [-0.15, -0.1) is 0 Å². The largest absolute Gasteiger partial charge is 0.475 e. The molecule has 0 radical (unpaired) electrons. The zero-order chi connectivity index (χ0) is 16.8. The first-order valence-electron chi connectivity index (χ1n) is 6.43. The smallest absolute Gasteiger partial charge is 0.344 e. The molecule has 2 aromatic carbocycles. The number of hydrogen-bond acceptors (Lipinski definition) is 5. The standard InChI is InChI=1S/C15H11Cl2NO5/c16-11-6-5-10(7-12(11)17)8-23-15(19)9-22-14-4-2-1-3-13(14)18(20)21/h1-7H,8-9H2. The fraction of sp³-hybridized carbons (Fsp3) is 0.133. The molecule has 0 aromatic heterocycles. The molecule has 0 spiro atoms. The lowest BCUT2D eigenvalue weighted by atomic mass is 10.2. The number of esters is 1. The molecule has 6 nitrogen and oxygen atoms in total. The number of halogens is 2. The number of benzene rings is 2. The van der Waals surface area contributed by atoms with E-state index in [1.165, 1.54) is 18.2 Å². The normalized spacial score (nSPS) is 10.2. The quantitative estimate of drug-likeness (QED) is 0.444. The van der Waals surface area contributed by atoms with Crippen LogP contribution in [0, 0.1) is 10.1 Å². The first-order valence-corrected chi connectivity index (χ1v) is 7.18. The molecule has 2 aromatic rings. The second kappa shape index (κ2) is 7.80. The van der Waals surface area contributed by atoms with Crippen LogP contribution in [0.25, 0.3) is 0 Å². The van der Waals surface area contributed by atoms with E-state index in [2.05, 4.69) is 0 Å². The highest BCUT2D eigenvalue weighted by atomic mass is 35.5. The Morgan fingerprint density at radius 3 is 2.57 bits per heavy atom. The van der Waals surface area contributed by atoms with Gasteiger partial charge >= 0.3 is 11.7 Å². The molecule has 0 N–H and O–H groups in total. The maximum atomic E-state index is 11.6. The Morgan fingerprint density at radius 2 is 1.87 bits per heavy atom. The summed E-state index contributed by atoms with van der Waals surface area (Å²) in [6, 6.07) is 10.6. The highest BCUT2D eigenvalue weighted by Crippen LogP contribution is 2.26. The Kier molecular flexibility index (Phi) is 5.78. The first kappa shape index (κ1) is 17.1. The Hall–Kier alpha value is -2.31. The van der Waals surface area contributed by atoms with Gasteiger partial charge in [0.25, 0.3) is 0 Å². The predicted molar refractivity (Wildman–Crippen MR) is 84.8 cm³/mol. The summed E-state index contributed by atoms with van der Waals surface area (Å²) in [6.07, 6.45) is 0. The van der Waals surface area contributed by atoms with Gasteiger partial charge in [0, 0.05) is 6.07 Å². The van der Waals surface area contributed by atoms with Gasteiger partial charge in [0.2, 0.25) is 0 Å². The number of hydrogen-bond donors (Lipinski definition) is 0. The van der Waals surface area contributed by atoms with Gasteiger partial charge in [-0.2, -0.15) is 0 Å². The van der Waals surface area contributed by atoms with E-state index in [9.17, 15) is 14.9 Å². The molecule has 8 heteroatoms. The lowest BCUT2D eigenvalue weighted by molar-refractivity contribution is -0.385. The van der Waals surface area contributed by atoms with Crippen LogP contribution in [0.4, 0.5) is 5.69 Å². The van der Waals surface area contributed by atoms with E-state index in [0.717, 1.165) is 0 Å². The Labute approximate surface area is 141 Å². The molecule has 0 aliphatic heterocycles. The molecular weight excluding hydrogens is 345 g/mol. The minimum absolute atomic E-state index is 0.00369. The van der Waals surface area contributed by atoms with E-state index >= 15 is 0 Å². The number of nitro benzene ring substituents is 1. The van der Waals surface area contributed by atoms with Crippen molar-refractivity contribution in [2.75, 3.05) is 6.61 Å². The number of nitro groups is 1. The van der Waals surface area contributed by atoms with Crippen LogP contribution < -0.4 is 4.74 Å². The van der Waals surface area contributed by atoms with Crippen LogP contribution in [0.3, 0.4) is 0 Å². The fourth-order valence-corrected chi connectivity index (χ4v) is 2.02. The average molecular weight is 356 g/mol. The van der Waals surface area contributed by atoms with Crippen molar-refractivity contribution >= 4 is 34.9 Å². The van der Waals surface area contributed by atoms with E-state index in [0.29, 0.717) is 15.6 Å². The third-order valence-electron chi connectivity index (χ3n) is 2.79. The van der Waals surface area contributed by atoms with Crippen LogP contribution in [0.5, 0.6) is 5.75 Å². The zero-order valence-corrected chi connectivity index (χ0v) is 13.2. The lowest BCUT2D eigenvalue weighted by Crippen LogP contribution is -2.15. The summed E-state index contributed by atoms with van der Waals surface area (Å²) in [5.41, 5.74) is 0.447. The number of ether oxygens (including phenoxy) is 2. The average Bonchev–Trinajstić information content (AvgIpc) is 2.54. The second-order valence-corrected chi connectivity index (χ2v) is 5.24. The van der Waals surface area contributed by atoms with Gasteiger partial charge < -0.3 is 9.47 Å². The number of rotatable bonds is 6. The van der Waals surface area contributed by atoms with Crippen molar-refractivity contribution in [1.29, 1.82) is 0 Å². The molecule has 0 heterocycles. The zero-order valence-electron chi connectivity index (χ0n) is 11.7. The van der Waals surface area contributed by atoms with Gasteiger partial charge in [0.1, 0.15) is 6.61 Å². The maximum absolute atomic E-state index is 11.6. The van der Waals surface area contributed by atoms with Crippen molar-refractivity contribution < 1.29 is 19.2 Å². The summed E-state index contributed by atoms with van der Waals surface area (Å²) in [5, 5.41) is 11.6. The molecule has 0 fully saturated rings. The molecule has 0 bridgehead atoms. The van der Waals surface area contributed by atoms with Gasteiger partial charge in [-0.1, -0.05) is 41.4 Å². The van der Waals surface area contributed by atoms with Crippen LogP contribution in [-0.2, 0) is 16.1 Å². The molecule has 120 valence electrons. The van der Waals surface area contributed by atoms with Crippen molar-refractivity contribution in [3.63, 3.8) is 0 Å². The second-order valence-electron chi connectivity index (χ2n) is 4.42. The minimum Gasteiger partial charge on any atom is -0.475 e. The predicted octanol–water partition coefficient (Wildman–Crippen LogP) is 4.02. The van der Waals surface area contributed by atoms with Crippen molar-refractivity contribution in [1.82, 2.24) is 0 Å². The van der Waals surface area contributed by atoms with Gasteiger partial charge in [-0.05, 0) is 23.8 Å². The third kappa shape index (κ3) is 4.84. The summed E-state index contributed by atoms with van der Waals surface area (Å²) in [4.78, 5) is 21.9. The summed E-state index contributed by atoms with van der Waals surface area (Å²) in [6.45, 7) is -0.442. The molecule has 0 atom stereocenters. The van der Waals surface area contributed by atoms with Gasteiger partial charge in [-0.25, -0.2) is 4.79 Å². The Balaban J connectivity index is 1.88. The van der Waals surface area contributed by atoms with E-state index in [4.69, 9.17) is 32.7 Å². The van der Waals surface area contributed by atoms with Gasteiger partial charge in [-0.3, -0.25) is 10.1 Å². The molecule has 0 saturated heterocycles. The molecule has 0 aliphatic carbocycles. The lowest BCUT2D eigenvalue weighted by Gasteiger charge is -2.08. The van der Waals surface area contributed by atoms with Crippen LogP contribution in [0.2, 0.25) is 10.0 Å². The topological polar surface area (TPSA) is 78.7 Å². The van der Waals surface area contributed by atoms with E-state index in [-0.39, 0.29) is 18.0 Å². The highest BCUT2D eigenvalue weighted by Gasteiger charge is 2.15. The van der Waals surface area contributed by atoms with Crippen molar-refractivity contribution in [3.05, 3.63) is 68.2 Å². The van der Waals surface area contributed by atoms with E-state index in [1.807, 2.05) is 0 Å². The summed E-state index contributed by atoms with van der Waals surface area (Å²) >= 11 is 11.6. The summed E-state index contributed by atoms with van der Waals surface area (Å²) in [5.74, 6) is -0.654. The number of nitrogens with zero attached hydrogens (tertiary/aromatic N) is 1. The van der Waals surface area contributed by atoms with Gasteiger partial charge in [0.15, 0.2) is 12.4 Å². The third-order valence-corrected chi connectivity index (χ3v) is 3.53. The highest BCUT2D eigenvalue weighted by molar-refractivity contribution is 6.42. The molecule has 2 rings (SSSR count). The molecular formula is C15H11Cl2NO5. The number of para-hydroxylation sites is 2. The monoisotopic (exact) mass is 355 g/mol. The van der Waals surface area contributed by atoms with Crippen molar-refractivity contribution in [2.24, 2.45) is 0 Å². The van der Waals surface area contributed by atoms with Crippen molar-refractivity contribution in [3.8, 4) is 5.75 Å². The Bertz CT molecular complexity index is 736. The first-order chi connectivity index (χ1) is 11.0. The summed E-state index contributed by atoms with van der Waals surface area (Å²) in [7, 11) is 0. The Morgan fingerprint density at radius 1 is 1.13 bits per heavy atom. The molecule has 23 heavy (non-hydrogen) atoms. The maximum Gasteiger partial charge on any atom is 0.344 e. The molecule has 0 unspecified atom stereocenters. The van der Waals surface area contributed by atoms with Gasteiger partial charge in [0.05, 0.1) is 15.0 Å². The van der Waals surface area contributed by atoms with Crippen LogP contribution >= 0.6 is 23.2 Å². The fourth-order valence-electron chi connectivity index (χ4n) is 1.70. The van der Waals surface area contributed by atoms with E-state index < -0.39 is 17.5 Å². The molecule has 0 aliphatic rings. The van der Waals surface area contributed by atoms with Crippen LogP contribution in [0.1, 0.15) is 5.56 Å². The number of carbonyl (C=O) groups excluding carboxylic acids is 1. The van der Waals surface area contributed by atoms with Crippen LogP contribution in [-0.4, -0.2) is 17.5 Å². The SMILES string of the molecule is O=C(COc1ccccc1[N+](=O)[O-])OCc1ccc(Cl)c(Cl)c1. The van der Waals surface area contributed by atoms with E-state index in [1.54, 1.807) is 24.3 Å². The summed E-state index contributed by atoms with van der Waals surface area (Å²) < 4.78 is 10.1. The number of carbonyl (C=O) groups is 1. The van der Waals surface area contributed by atoms with Crippen molar-refractivity contribution in [2.45, 2.75) is 6.61 Å². The molecule has 0 saturated carbocycles.